The van der Waals surface area contributed by atoms with Gasteiger partial charge in [-0.3, -0.25) is 4.57 Å². The van der Waals surface area contributed by atoms with E-state index in [9.17, 15) is 34.8 Å². The molecule has 5 fully saturated rings. The van der Waals surface area contributed by atoms with Crippen molar-refractivity contribution < 1.29 is 49.0 Å². The van der Waals surface area contributed by atoms with Gasteiger partial charge in [0.05, 0.1) is 36.7 Å². The summed E-state index contributed by atoms with van der Waals surface area (Å²) in [5.74, 6) is 0.125. The fourth-order valence-corrected chi connectivity index (χ4v) is 14.5. The van der Waals surface area contributed by atoms with Crippen LogP contribution in [0.4, 0.5) is 0 Å². The first-order chi connectivity index (χ1) is 25.7. The number of aliphatic hydroxyl groups excluding tert-OH is 4. The molecule has 0 aromatic rings. The standard InChI is InChI=1S/C43H79O10P/c1-5-6-7-8-9-10-11-12-13-14-15-16-21-51-28-37-36(27-40(47)53-37)52-22-17-18-29(2)32-19-20-33-41-34(26-38(46)43(32,33)4)42(3)30(24-35(41)45)23-31(44)25-39(42)54(48,49)50/h29-41,44-47H,5-28H2,1-4H3,(H2,48,49,50)/t29-,30+,31+,32-,33+,34+,35-,36+,37-,38+,39?,40?,41+,42+,43-/m1/s1. The maximum absolute atomic E-state index is 12.9. The number of unbranched alkanes of at least 4 members (excludes halogenated alkanes) is 11. The van der Waals surface area contributed by atoms with Gasteiger partial charge in [0.25, 0.3) is 0 Å². The number of ether oxygens (including phenoxy) is 3. The molecule has 0 radical (unpaired) electrons. The molecule has 2 unspecified atom stereocenters. The zero-order valence-electron chi connectivity index (χ0n) is 34.2. The van der Waals surface area contributed by atoms with Crippen molar-refractivity contribution in [2.75, 3.05) is 19.8 Å². The second-order valence-electron chi connectivity index (χ2n) is 19.0. The van der Waals surface area contributed by atoms with Gasteiger partial charge in [-0.15, -0.1) is 0 Å². The van der Waals surface area contributed by atoms with Gasteiger partial charge in [-0.25, -0.2) is 0 Å². The highest BCUT2D eigenvalue weighted by molar-refractivity contribution is 7.52. The summed E-state index contributed by atoms with van der Waals surface area (Å²) in [5, 5.41) is 44.5. The zero-order chi connectivity index (χ0) is 39.1. The van der Waals surface area contributed by atoms with Crippen LogP contribution in [0.5, 0.6) is 0 Å². The fourth-order valence-electron chi connectivity index (χ4n) is 12.8. The number of rotatable bonds is 22. The van der Waals surface area contributed by atoms with Gasteiger partial charge in [0.1, 0.15) is 6.10 Å². The van der Waals surface area contributed by atoms with Gasteiger partial charge in [0, 0.05) is 19.6 Å². The molecule has 11 heteroatoms. The molecule has 4 aliphatic carbocycles. The van der Waals surface area contributed by atoms with Crippen molar-refractivity contribution in [1.82, 2.24) is 0 Å². The zero-order valence-corrected chi connectivity index (χ0v) is 35.1. The van der Waals surface area contributed by atoms with Crippen LogP contribution >= 0.6 is 7.60 Å². The lowest BCUT2D eigenvalue weighted by molar-refractivity contribution is -0.206. The van der Waals surface area contributed by atoms with Crippen molar-refractivity contribution >= 4 is 7.60 Å². The van der Waals surface area contributed by atoms with Crippen molar-refractivity contribution in [3.05, 3.63) is 0 Å². The molecule has 0 spiro atoms. The summed E-state index contributed by atoms with van der Waals surface area (Å²) in [6.07, 6.45) is 17.9. The van der Waals surface area contributed by atoms with Crippen molar-refractivity contribution in [3.63, 3.8) is 0 Å². The first kappa shape index (κ1) is 45.0. The van der Waals surface area contributed by atoms with Crippen LogP contribution in [0, 0.1) is 46.3 Å². The molecule has 54 heavy (non-hydrogen) atoms. The molecule has 1 heterocycles. The Morgan fingerprint density at radius 3 is 2.06 bits per heavy atom. The maximum atomic E-state index is 12.9. The molecule has 15 atom stereocenters. The summed E-state index contributed by atoms with van der Waals surface area (Å²) in [6.45, 7) is 10.4. The van der Waals surface area contributed by atoms with Crippen LogP contribution in [0.1, 0.15) is 163 Å². The van der Waals surface area contributed by atoms with E-state index in [0.717, 1.165) is 32.1 Å². The summed E-state index contributed by atoms with van der Waals surface area (Å²) in [5.41, 5.74) is -2.11. The second kappa shape index (κ2) is 20.2. The molecule has 1 aliphatic heterocycles. The quantitative estimate of drug-likeness (QED) is 0.0473. The Kier molecular flexibility index (Phi) is 16.8. The molecule has 0 aromatic carbocycles. The number of aliphatic hydroxyl groups is 4. The predicted molar refractivity (Wildman–Crippen MR) is 211 cm³/mol. The molecule has 10 nitrogen and oxygen atoms in total. The number of hydrogen-bond donors (Lipinski definition) is 6. The molecule has 0 amide bonds. The Hall–Kier alpha value is -0.130. The van der Waals surface area contributed by atoms with Crippen molar-refractivity contribution in [2.24, 2.45) is 46.3 Å². The van der Waals surface area contributed by atoms with E-state index >= 15 is 0 Å². The second-order valence-corrected chi connectivity index (χ2v) is 20.8. The summed E-state index contributed by atoms with van der Waals surface area (Å²) in [4.78, 5) is 21.0. The van der Waals surface area contributed by atoms with Gasteiger partial charge < -0.3 is 44.4 Å². The van der Waals surface area contributed by atoms with Crippen LogP contribution in [0.3, 0.4) is 0 Å². The minimum Gasteiger partial charge on any atom is -0.393 e. The van der Waals surface area contributed by atoms with Gasteiger partial charge in [-0.05, 0) is 104 Å². The fraction of sp³-hybridized carbons (Fsp3) is 1.00. The minimum atomic E-state index is -4.52. The summed E-state index contributed by atoms with van der Waals surface area (Å²) in [6, 6.07) is 0. The van der Waals surface area contributed by atoms with E-state index in [1.807, 2.05) is 6.92 Å². The van der Waals surface area contributed by atoms with Crippen LogP contribution in [0.15, 0.2) is 0 Å². The molecular weight excluding hydrogens is 707 g/mol. The molecule has 6 N–H and O–H groups in total. The van der Waals surface area contributed by atoms with Gasteiger partial charge in [-0.2, -0.15) is 0 Å². The molecule has 1 saturated heterocycles. The van der Waals surface area contributed by atoms with Gasteiger partial charge in [0.2, 0.25) is 0 Å². The predicted octanol–water partition coefficient (Wildman–Crippen LogP) is 7.73. The highest BCUT2D eigenvalue weighted by Gasteiger charge is 2.69. The average molecular weight is 787 g/mol. The Balaban J connectivity index is 1.03. The molecular formula is C43H79O10P. The lowest BCUT2D eigenvalue weighted by atomic mass is 9.43. The van der Waals surface area contributed by atoms with Crippen LogP contribution in [-0.4, -0.2) is 92.5 Å². The third kappa shape index (κ3) is 10.4. The Morgan fingerprint density at radius 1 is 0.759 bits per heavy atom. The highest BCUT2D eigenvalue weighted by atomic mass is 31.2. The molecule has 5 rings (SSSR count). The first-order valence-electron chi connectivity index (χ1n) is 22.3. The average Bonchev–Trinajstić information content (AvgIpc) is 3.66. The van der Waals surface area contributed by atoms with E-state index < -0.39 is 48.7 Å². The lowest BCUT2D eigenvalue weighted by Gasteiger charge is -2.65. The van der Waals surface area contributed by atoms with E-state index in [1.165, 1.54) is 70.6 Å². The smallest absolute Gasteiger partial charge is 0.329 e. The normalized spacial score (nSPS) is 41.4. The lowest BCUT2D eigenvalue weighted by Crippen LogP contribution is -2.65. The van der Waals surface area contributed by atoms with Crippen molar-refractivity contribution in [1.29, 1.82) is 0 Å². The SMILES string of the molecule is CCCCCCCCCCCCCCOC[C@H]1OC(O)C[C@@H]1OCCC[C@@H](C)[C@H]1CC[C@H]2[C@@H]3[C@H](O)C[C@@H]4C[C@H](O)CC(P(=O)(O)O)[C@]4(C)[C@H]3C[C@H](O)[C@]12C. The Morgan fingerprint density at radius 2 is 1.41 bits per heavy atom. The first-order valence-corrected chi connectivity index (χ1v) is 24.0. The molecule has 0 bridgehead atoms. The van der Waals surface area contributed by atoms with Crippen LogP contribution in [0.2, 0.25) is 0 Å². The van der Waals surface area contributed by atoms with Crippen LogP contribution < -0.4 is 0 Å². The van der Waals surface area contributed by atoms with E-state index in [-0.39, 0.29) is 48.2 Å². The number of fused-ring (bicyclic) bond motifs is 5. The minimum absolute atomic E-state index is 0.0650. The summed E-state index contributed by atoms with van der Waals surface area (Å²) >= 11 is 0. The van der Waals surface area contributed by atoms with Crippen molar-refractivity contribution in [2.45, 2.75) is 205 Å². The van der Waals surface area contributed by atoms with E-state index in [1.54, 1.807) is 0 Å². The van der Waals surface area contributed by atoms with Crippen LogP contribution in [-0.2, 0) is 18.8 Å². The van der Waals surface area contributed by atoms with E-state index in [2.05, 4.69) is 20.8 Å². The van der Waals surface area contributed by atoms with E-state index in [4.69, 9.17) is 14.2 Å². The molecule has 0 aromatic heterocycles. The van der Waals surface area contributed by atoms with Crippen molar-refractivity contribution in [3.8, 4) is 0 Å². The maximum Gasteiger partial charge on any atom is 0.329 e. The Labute approximate surface area is 327 Å². The monoisotopic (exact) mass is 787 g/mol. The number of hydrogen-bond acceptors (Lipinski definition) is 8. The van der Waals surface area contributed by atoms with Gasteiger partial charge in [0.15, 0.2) is 6.29 Å². The molecule has 4 saturated carbocycles. The van der Waals surface area contributed by atoms with E-state index in [0.29, 0.717) is 51.4 Å². The summed E-state index contributed by atoms with van der Waals surface area (Å²) in [7, 11) is -4.52. The van der Waals surface area contributed by atoms with Crippen LogP contribution in [0.25, 0.3) is 0 Å². The topological polar surface area (TPSA) is 166 Å². The summed E-state index contributed by atoms with van der Waals surface area (Å²) < 4.78 is 30.9. The third-order valence-corrected chi connectivity index (χ3v) is 17.3. The third-order valence-electron chi connectivity index (χ3n) is 15.8. The largest absolute Gasteiger partial charge is 0.393 e. The van der Waals surface area contributed by atoms with Gasteiger partial charge >= 0.3 is 7.60 Å². The Bertz CT molecular complexity index is 1170. The highest BCUT2D eigenvalue weighted by Crippen LogP contribution is 2.71. The molecule has 316 valence electrons. The molecule has 5 aliphatic rings. The van der Waals surface area contributed by atoms with Gasteiger partial charge in [-0.1, -0.05) is 98.3 Å².